The topological polar surface area (TPSA) is 271 Å². The zero-order valence-electron chi connectivity index (χ0n) is 30.9. The number of fused-ring (bicyclic) bond motifs is 2. The van der Waals surface area contributed by atoms with Crippen LogP contribution in [0.1, 0.15) is 48.0 Å². The molecule has 1 spiro atoms. The summed E-state index contributed by atoms with van der Waals surface area (Å²) in [6.45, 7) is 7.89. The fraction of sp³-hybridized carbons (Fsp3) is 0.750. The Kier molecular flexibility index (Phi) is 10.1. The van der Waals surface area contributed by atoms with Crippen molar-refractivity contribution in [1.29, 1.82) is 0 Å². The Morgan fingerprint density at radius 1 is 1.02 bits per heavy atom. The highest BCUT2D eigenvalue weighted by Crippen LogP contribution is 2.72. The number of hydrogen-bond donors (Lipinski definition) is 6. The van der Waals surface area contributed by atoms with Crippen LogP contribution in [0.25, 0.3) is 0 Å². The van der Waals surface area contributed by atoms with Crippen LogP contribution >= 0.6 is 0 Å². The van der Waals surface area contributed by atoms with E-state index >= 15 is 0 Å². The molecule has 3 heterocycles. The highest BCUT2D eigenvalue weighted by molar-refractivity contribution is 5.97. The van der Waals surface area contributed by atoms with Gasteiger partial charge in [-0.2, -0.15) is 0 Å². The molecule has 0 aromatic heterocycles. The summed E-state index contributed by atoms with van der Waals surface area (Å²) in [5.41, 5.74) is -6.34. The van der Waals surface area contributed by atoms with Gasteiger partial charge in [0, 0.05) is 30.3 Å². The van der Waals surface area contributed by atoms with Gasteiger partial charge in [-0.3, -0.25) is 9.59 Å². The summed E-state index contributed by atoms with van der Waals surface area (Å²) >= 11 is 0. The third-order valence-corrected chi connectivity index (χ3v) is 12.8. The van der Waals surface area contributed by atoms with E-state index in [0.717, 1.165) is 13.2 Å². The number of esters is 4. The molecule has 54 heavy (non-hydrogen) atoms. The summed E-state index contributed by atoms with van der Waals surface area (Å²) in [5.74, 6) is -9.12. The number of ketones is 1. The van der Waals surface area contributed by atoms with Crippen molar-refractivity contribution in [3.05, 3.63) is 23.5 Å². The fourth-order valence-electron chi connectivity index (χ4n) is 10.1. The lowest BCUT2D eigenvalue weighted by Crippen LogP contribution is -2.79. The Hall–Kier alpha value is -3.49. The van der Waals surface area contributed by atoms with E-state index in [4.69, 9.17) is 33.2 Å². The zero-order valence-corrected chi connectivity index (χ0v) is 30.9. The molecule has 18 heteroatoms. The van der Waals surface area contributed by atoms with Gasteiger partial charge in [0.05, 0.1) is 32.3 Å². The van der Waals surface area contributed by atoms with E-state index in [2.05, 4.69) is 0 Å². The van der Waals surface area contributed by atoms with E-state index in [1.807, 2.05) is 0 Å². The van der Waals surface area contributed by atoms with Crippen molar-refractivity contribution in [2.75, 3.05) is 20.3 Å². The van der Waals surface area contributed by atoms with Gasteiger partial charge < -0.3 is 63.8 Å². The largest absolute Gasteiger partial charge is 0.467 e. The molecule has 3 saturated heterocycles. The van der Waals surface area contributed by atoms with Gasteiger partial charge in [0.1, 0.15) is 42.2 Å². The molecule has 0 radical (unpaired) electrons. The average molecular weight is 769 g/mol. The maximum absolute atomic E-state index is 13.9. The number of aliphatic hydroxyl groups excluding tert-OH is 6. The Balaban J connectivity index is 1.45. The minimum atomic E-state index is -2.43. The molecule has 16 atom stereocenters. The van der Waals surface area contributed by atoms with E-state index in [1.165, 1.54) is 33.8 Å². The summed E-state index contributed by atoms with van der Waals surface area (Å²) in [4.78, 5) is 66.7. The van der Waals surface area contributed by atoms with Gasteiger partial charge in [0.25, 0.3) is 0 Å². The van der Waals surface area contributed by atoms with Crippen LogP contribution in [0, 0.1) is 34.5 Å². The number of methoxy groups -OCH3 is 1. The first-order chi connectivity index (χ1) is 25.1. The third-order valence-electron chi connectivity index (χ3n) is 12.8. The maximum atomic E-state index is 13.9. The number of Topliss-reactive ketones (excluding diaryl/α,β-unsaturated/α-hetero) is 1. The molecule has 0 aromatic rings. The summed E-state index contributed by atoms with van der Waals surface area (Å²) in [6, 6.07) is 0. The molecule has 0 aromatic carbocycles. The fourth-order valence-corrected chi connectivity index (χ4v) is 10.1. The highest BCUT2D eigenvalue weighted by Gasteiger charge is 2.85. The number of aliphatic hydroxyl groups is 6. The first-order valence-corrected chi connectivity index (χ1v) is 17.8. The second-order valence-electron chi connectivity index (χ2n) is 16.0. The lowest BCUT2D eigenvalue weighted by Gasteiger charge is -2.67. The van der Waals surface area contributed by atoms with Crippen LogP contribution in [0.3, 0.4) is 0 Å². The molecule has 3 aliphatic carbocycles. The summed E-state index contributed by atoms with van der Waals surface area (Å²) in [5, 5.41) is 65.1. The van der Waals surface area contributed by atoms with Crippen LogP contribution in [-0.4, -0.2) is 147 Å². The van der Waals surface area contributed by atoms with Crippen molar-refractivity contribution < 1.29 is 87.8 Å². The van der Waals surface area contributed by atoms with Gasteiger partial charge in [-0.25, -0.2) is 14.4 Å². The maximum Gasteiger partial charge on any atom is 0.348 e. The predicted octanol–water partition coefficient (Wildman–Crippen LogP) is -2.05. The zero-order chi connectivity index (χ0) is 40.0. The first kappa shape index (κ1) is 40.2. The quantitative estimate of drug-likeness (QED) is 0.0881. The smallest absolute Gasteiger partial charge is 0.348 e. The van der Waals surface area contributed by atoms with Crippen LogP contribution in [0.4, 0.5) is 0 Å². The van der Waals surface area contributed by atoms with Crippen LogP contribution < -0.4 is 0 Å². The molecule has 6 N–H and O–H groups in total. The van der Waals surface area contributed by atoms with Crippen molar-refractivity contribution in [3.8, 4) is 0 Å². The van der Waals surface area contributed by atoms with Crippen LogP contribution in [0.2, 0.25) is 0 Å². The van der Waals surface area contributed by atoms with Gasteiger partial charge in [0.15, 0.2) is 11.5 Å². The van der Waals surface area contributed by atoms with Gasteiger partial charge in [-0.15, -0.1) is 0 Å². The third kappa shape index (κ3) is 5.63. The Morgan fingerprint density at radius 2 is 1.69 bits per heavy atom. The molecule has 18 nitrogen and oxygen atoms in total. The number of carbonyl (C=O) groups is 5. The standard InChI is InChI=1S/C36H48O18/c1-13(33(4,5)54-15(3)38)8-20(39)53-26-28-35-12-49-36(28,32(47)48-7)29(45)25(44)27(35)34(6)10-17(21(40)14(2)16(34)9-19(35)52-30(26)46)50-31-24(43)23(42)22(41)18(11-37)51-31/h8,10,14,16,18-19,22-29,31,37,41-45H,9,11-12H2,1-7H3/b13-8+/t14-,16-,18+,19+,22+,23-,24+,25+,26+,27+,28+,29-,31+,34-,35+,36+/m0/s1. The normalized spacial score (nSPS) is 45.6. The lowest BCUT2D eigenvalue weighted by molar-refractivity contribution is -0.296. The molecule has 2 bridgehead atoms. The molecule has 3 aliphatic heterocycles. The predicted molar refractivity (Wildman–Crippen MR) is 175 cm³/mol. The van der Waals surface area contributed by atoms with Crippen molar-refractivity contribution in [2.24, 2.45) is 34.5 Å². The number of carbonyl (C=O) groups excluding carboxylic acids is 5. The monoisotopic (exact) mass is 768 g/mol. The lowest BCUT2D eigenvalue weighted by atomic mass is 9.38. The number of hydrogen-bond acceptors (Lipinski definition) is 18. The molecule has 6 rings (SSSR count). The van der Waals surface area contributed by atoms with Crippen LogP contribution in [0.15, 0.2) is 23.5 Å². The van der Waals surface area contributed by atoms with Crippen molar-refractivity contribution in [1.82, 2.24) is 0 Å². The first-order valence-electron chi connectivity index (χ1n) is 17.8. The minimum absolute atomic E-state index is 0.00828. The Bertz CT molecular complexity index is 1650. The molecule has 0 unspecified atom stereocenters. The van der Waals surface area contributed by atoms with Crippen molar-refractivity contribution in [2.45, 2.75) is 114 Å². The molecule has 6 aliphatic rings. The van der Waals surface area contributed by atoms with E-state index < -0.39 is 144 Å². The number of rotatable bonds is 8. The number of ether oxygens (including phenoxy) is 7. The van der Waals surface area contributed by atoms with Crippen LogP contribution in [-0.2, 0) is 57.1 Å². The van der Waals surface area contributed by atoms with Gasteiger partial charge in [0.2, 0.25) is 18.0 Å². The second-order valence-corrected chi connectivity index (χ2v) is 16.0. The van der Waals surface area contributed by atoms with Gasteiger partial charge in [-0.05, 0) is 50.2 Å². The van der Waals surface area contributed by atoms with E-state index in [9.17, 15) is 54.6 Å². The molecule has 5 fully saturated rings. The van der Waals surface area contributed by atoms with Crippen molar-refractivity contribution >= 4 is 29.7 Å². The van der Waals surface area contributed by atoms with Gasteiger partial charge >= 0.3 is 23.9 Å². The van der Waals surface area contributed by atoms with E-state index in [0.29, 0.717) is 0 Å². The molecular formula is C36H48O18. The molecule has 300 valence electrons. The van der Waals surface area contributed by atoms with Crippen molar-refractivity contribution in [3.63, 3.8) is 0 Å². The minimum Gasteiger partial charge on any atom is -0.467 e. The Labute approximate surface area is 309 Å². The van der Waals surface area contributed by atoms with Gasteiger partial charge in [-0.1, -0.05) is 13.8 Å². The number of allylic oxidation sites excluding steroid dienone is 2. The molecule has 0 amide bonds. The van der Waals surface area contributed by atoms with Crippen LogP contribution in [0.5, 0.6) is 0 Å². The summed E-state index contributed by atoms with van der Waals surface area (Å²) in [7, 11) is 1.03. The summed E-state index contributed by atoms with van der Waals surface area (Å²) < 4.78 is 39.7. The SMILES string of the molecule is COC(=O)[C@]12OC[C@]34[C@H]([C@@H](O)[C@@H]1O)[C@@]1(C)C=C(O[C@@H]5O[C@H](CO)[C@@H](O)[C@H](O)[C@H]5O)C(=O)[C@@H](C)[C@@H]1C[C@H]3OC(=O)[C@H](OC(=O)/C=C(\C)C(C)(C)OC(C)=O)[C@@H]24. The summed E-state index contributed by atoms with van der Waals surface area (Å²) in [6.07, 6.45) is -12.9. The Morgan fingerprint density at radius 3 is 2.30 bits per heavy atom. The van der Waals surface area contributed by atoms with E-state index in [1.54, 1.807) is 13.8 Å². The average Bonchev–Trinajstić information content (AvgIpc) is 3.41. The van der Waals surface area contributed by atoms with E-state index in [-0.39, 0.29) is 17.8 Å². The highest BCUT2D eigenvalue weighted by atomic mass is 16.7. The second kappa shape index (κ2) is 13.6. The molecular weight excluding hydrogens is 720 g/mol. The molecule has 2 saturated carbocycles.